The standard InChI is InChI=1S/C21H27N3O3S2.ClH/c1-14(2)12-24(19-6-4-5-16(21(19)25)9-15(3)11-22)29(26,27)17-7-8-18-20(10-17)28-13-23-18;/h4-8,10,13-15,25H,9,11-12,22H2,1-3H3;1H/t15-;/m1./s1. The Bertz CT molecular complexity index is 1100. The van der Waals surface area contributed by atoms with E-state index < -0.39 is 10.0 Å². The molecule has 0 bridgehead atoms. The maximum absolute atomic E-state index is 13.6. The molecule has 30 heavy (non-hydrogen) atoms. The molecule has 0 spiro atoms. The minimum Gasteiger partial charge on any atom is -0.505 e. The predicted octanol–water partition coefficient (Wildman–Crippen LogP) is 4.41. The van der Waals surface area contributed by atoms with E-state index in [4.69, 9.17) is 5.73 Å². The summed E-state index contributed by atoms with van der Waals surface area (Å²) >= 11 is 1.40. The van der Waals surface area contributed by atoms with Gasteiger partial charge in [-0.15, -0.1) is 23.7 Å². The number of thiazole rings is 1. The lowest BCUT2D eigenvalue weighted by atomic mass is 10.00. The molecule has 1 atom stereocenters. The number of rotatable bonds is 8. The fourth-order valence-electron chi connectivity index (χ4n) is 3.18. The predicted molar refractivity (Wildman–Crippen MR) is 126 cm³/mol. The van der Waals surface area contributed by atoms with Crippen LogP contribution in [-0.2, 0) is 16.4 Å². The van der Waals surface area contributed by atoms with Gasteiger partial charge in [-0.3, -0.25) is 4.31 Å². The van der Waals surface area contributed by atoms with Crippen molar-refractivity contribution in [3.05, 3.63) is 47.5 Å². The molecule has 0 aliphatic heterocycles. The number of nitrogens with two attached hydrogens (primary N) is 1. The highest BCUT2D eigenvalue weighted by Crippen LogP contribution is 2.36. The summed E-state index contributed by atoms with van der Waals surface area (Å²) < 4.78 is 29.2. The van der Waals surface area contributed by atoms with Crippen molar-refractivity contribution in [2.45, 2.75) is 32.1 Å². The third-order valence-electron chi connectivity index (χ3n) is 4.76. The molecule has 0 radical (unpaired) electrons. The summed E-state index contributed by atoms with van der Waals surface area (Å²) in [5.74, 6) is 0.249. The Labute approximate surface area is 188 Å². The smallest absolute Gasteiger partial charge is 0.264 e. The lowest BCUT2D eigenvalue weighted by molar-refractivity contribution is 0.459. The average molecular weight is 470 g/mol. The van der Waals surface area contributed by atoms with Gasteiger partial charge >= 0.3 is 0 Å². The lowest BCUT2D eigenvalue weighted by Gasteiger charge is -2.28. The number of anilines is 1. The van der Waals surface area contributed by atoms with Gasteiger partial charge in [0.1, 0.15) is 5.75 Å². The van der Waals surface area contributed by atoms with Crippen molar-refractivity contribution < 1.29 is 13.5 Å². The maximum Gasteiger partial charge on any atom is 0.264 e. The molecule has 3 rings (SSSR count). The molecule has 0 amide bonds. The van der Waals surface area contributed by atoms with Gasteiger partial charge in [0.25, 0.3) is 10.0 Å². The second kappa shape index (κ2) is 9.96. The van der Waals surface area contributed by atoms with Gasteiger partial charge in [-0.1, -0.05) is 32.9 Å². The molecule has 0 aliphatic rings. The molecular weight excluding hydrogens is 442 g/mol. The Morgan fingerprint density at radius 1 is 1.20 bits per heavy atom. The number of hydrogen-bond donors (Lipinski definition) is 2. The first-order valence-corrected chi connectivity index (χ1v) is 11.9. The Morgan fingerprint density at radius 3 is 2.60 bits per heavy atom. The maximum atomic E-state index is 13.6. The van der Waals surface area contributed by atoms with Gasteiger partial charge in [0.2, 0.25) is 0 Å². The first-order valence-electron chi connectivity index (χ1n) is 9.61. The van der Waals surface area contributed by atoms with Crippen LogP contribution < -0.4 is 10.0 Å². The van der Waals surface area contributed by atoms with E-state index in [2.05, 4.69) is 4.98 Å². The van der Waals surface area contributed by atoms with Crippen molar-refractivity contribution in [1.29, 1.82) is 0 Å². The molecular formula is C21H28ClN3O3S2. The van der Waals surface area contributed by atoms with Gasteiger partial charge in [0, 0.05) is 6.54 Å². The van der Waals surface area contributed by atoms with Crippen LogP contribution in [0.1, 0.15) is 26.3 Å². The normalized spacial score (nSPS) is 12.7. The molecule has 3 N–H and O–H groups in total. The third-order valence-corrected chi connectivity index (χ3v) is 7.33. The Balaban J connectivity index is 0.00000320. The van der Waals surface area contributed by atoms with Crippen molar-refractivity contribution in [2.75, 3.05) is 17.4 Å². The summed E-state index contributed by atoms with van der Waals surface area (Å²) in [5.41, 5.74) is 9.18. The van der Waals surface area contributed by atoms with Crippen LogP contribution in [0.15, 0.2) is 46.8 Å². The van der Waals surface area contributed by atoms with Gasteiger partial charge < -0.3 is 10.8 Å². The van der Waals surface area contributed by atoms with E-state index in [-0.39, 0.29) is 41.4 Å². The van der Waals surface area contributed by atoms with Crippen LogP contribution in [0.5, 0.6) is 5.75 Å². The number of aromatic nitrogens is 1. The highest BCUT2D eigenvalue weighted by molar-refractivity contribution is 7.92. The van der Waals surface area contributed by atoms with E-state index in [9.17, 15) is 13.5 Å². The minimum atomic E-state index is -3.86. The van der Waals surface area contributed by atoms with E-state index in [0.29, 0.717) is 24.2 Å². The molecule has 3 aromatic rings. The summed E-state index contributed by atoms with van der Waals surface area (Å²) in [6.07, 6.45) is 0.582. The molecule has 0 saturated heterocycles. The first-order chi connectivity index (χ1) is 13.7. The quantitative estimate of drug-likeness (QED) is 0.509. The first kappa shape index (κ1) is 24.4. The molecule has 0 saturated carbocycles. The van der Waals surface area contributed by atoms with Crippen molar-refractivity contribution in [3.63, 3.8) is 0 Å². The average Bonchev–Trinajstić information content (AvgIpc) is 3.15. The second-order valence-corrected chi connectivity index (χ2v) is 10.5. The molecule has 0 unspecified atom stereocenters. The largest absolute Gasteiger partial charge is 0.505 e. The van der Waals surface area contributed by atoms with E-state index in [1.165, 1.54) is 15.6 Å². The van der Waals surface area contributed by atoms with Crippen molar-refractivity contribution in [2.24, 2.45) is 17.6 Å². The van der Waals surface area contributed by atoms with Crippen LogP contribution in [0, 0.1) is 11.8 Å². The summed E-state index contributed by atoms with van der Waals surface area (Å²) in [6, 6.07) is 10.2. The Morgan fingerprint density at radius 2 is 1.93 bits per heavy atom. The molecule has 1 heterocycles. The third kappa shape index (κ3) is 5.06. The number of halogens is 1. The monoisotopic (exact) mass is 469 g/mol. The van der Waals surface area contributed by atoms with E-state index in [1.807, 2.05) is 26.8 Å². The number of phenolic OH excluding ortho intramolecular Hbond substituents is 1. The van der Waals surface area contributed by atoms with Crippen LogP contribution in [0.25, 0.3) is 10.2 Å². The summed E-state index contributed by atoms with van der Waals surface area (Å²) in [7, 11) is -3.86. The molecule has 9 heteroatoms. The summed E-state index contributed by atoms with van der Waals surface area (Å²) in [5, 5.41) is 10.9. The van der Waals surface area contributed by atoms with Crippen LogP contribution in [0.2, 0.25) is 0 Å². The number of hydrogen-bond acceptors (Lipinski definition) is 6. The number of phenols is 1. The summed E-state index contributed by atoms with van der Waals surface area (Å²) in [6.45, 7) is 6.65. The number of sulfonamides is 1. The van der Waals surface area contributed by atoms with Crippen LogP contribution in [-0.4, -0.2) is 31.6 Å². The molecule has 1 aromatic heterocycles. The van der Waals surface area contributed by atoms with Gasteiger partial charge in [-0.25, -0.2) is 13.4 Å². The number of nitrogens with zero attached hydrogens (tertiary/aromatic N) is 2. The van der Waals surface area contributed by atoms with Crippen molar-refractivity contribution >= 4 is 49.7 Å². The zero-order valence-electron chi connectivity index (χ0n) is 17.3. The summed E-state index contributed by atoms with van der Waals surface area (Å²) in [4.78, 5) is 4.40. The van der Waals surface area contributed by atoms with Gasteiger partial charge in [-0.2, -0.15) is 0 Å². The zero-order chi connectivity index (χ0) is 21.2. The molecule has 164 valence electrons. The van der Waals surface area contributed by atoms with Gasteiger partial charge in [0.05, 0.1) is 26.3 Å². The van der Waals surface area contributed by atoms with Crippen LogP contribution in [0.3, 0.4) is 0 Å². The lowest BCUT2D eigenvalue weighted by Crippen LogP contribution is -2.34. The Kier molecular flexibility index (Phi) is 8.10. The number of fused-ring (bicyclic) bond motifs is 1. The van der Waals surface area contributed by atoms with Crippen molar-refractivity contribution in [3.8, 4) is 5.75 Å². The topological polar surface area (TPSA) is 96.5 Å². The molecule has 0 aliphatic carbocycles. The number of para-hydroxylation sites is 1. The van der Waals surface area contributed by atoms with Gasteiger partial charge in [-0.05, 0) is 54.6 Å². The van der Waals surface area contributed by atoms with E-state index in [1.54, 1.807) is 35.8 Å². The SMILES string of the molecule is CC(C)CN(c1cccc(C[C@@H](C)CN)c1O)S(=O)(=O)c1ccc2ncsc2c1.Cl. The van der Waals surface area contributed by atoms with E-state index in [0.717, 1.165) is 10.2 Å². The molecule has 2 aromatic carbocycles. The molecule has 6 nitrogen and oxygen atoms in total. The van der Waals surface area contributed by atoms with Gasteiger partial charge in [0.15, 0.2) is 0 Å². The fourth-order valence-corrected chi connectivity index (χ4v) is 5.64. The van der Waals surface area contributed by atoms with Crippen LogP contribution in [0.4, 0.5) is 5.69 Å². The van der Waals surface area contributed by atoms with Crippen LogP contribution >= 0.6 is 23.7 Å². The highest BCUT2D eigenvalue weighted by atomic mass is 35.5. The Hall–Kier alpha value is -1.87. The highest BCUT2D eigenvalue weighted by Gasteiger charge is 2.29. The second-order valence-electron chi connectivity index (χ2n) is 7.74. The van der Waals surface area contributed by atoms with Crippen molar-refractivity contribution in [1.82, 2.24) is 4.98 Å². The zero-order valence-corrected chi connectivity index (χ0v) is 19.7. The number of benzene rings is 2. The number of aromatic hydroxyl groups is 1. The van der Waals surface area contributed by atoms with E-state index >= 15 is 0 Å². The fraction of sp³-hybridized carbons (Fsp3) is 0.381. The minimum absolute atomic E-state index is 0. The molecule has 0 fully saturated rings.